The molecule has 3 nitrogen and oxygen atoms in total. The Kier molecular flexibility index (Phi) is 4.45. The second-order valence-electron chi connectivity index (χ2n) is 4.99. The van der Waals surface area contributed by atoms with Crippen molar-refractivity contribution < 1.29 is 4.74 Å². The topological polar surface area (TPSA) is 45.9 Å². The number of rotatable bonds is 4. The standard InChI is InChI=1S/C13H18N2O/c1-13(2,3)6-8-16-10-11-5-4-7-15-12(11)9-14/h4-5,7H,6,8,10H2,1-3H3. The Labute approximate surface area is 97.1 Å². The first kappa shape index (κ1) is 12.7. The molecule has 0 spiro atoms. The molecule has 0 atom stereocenters. The van der Waals surface area contributed by atoms with E-state index in [1.807, 2.05) is 12.1 Å². The lowest BCUT2D eigenvalue weighted by Crippen LogP contribution is -2.09. The molecule has 0 aliphatic rings. The van der Waals surface area contributed by atoms with Crippen LogP contribution >= 0.6 is 0 Å². The van der Waals surface area contributed by atoms with Crippen LogP contribution in [-0.2, 0) is 11.3 Å². The van der Waals surface area contributed by atoms with Crippen molar-refractivity contribution in [1.29, 1.82) is 5.26 Å². The van der Waals surface area contributed by atoms with Gasteiger partial charge in [0.1, 0.15) is 11.8 Å². The van der Waals surface area contributed by atoms with Gasteiger partial charge in [-0.05, 0) is 17.9 Å². The van der Waals surface area contributed by atoms with Gasteiger partial charge in [0, 0.05) is 18.4 Å². The van der Waals surface area contributed by atoms with Crippen LogP contribution in [0, 0.1) is 16.7 Å². The Balaban J connectivity index is 2.41. The Hall–Kier alpha value is -1.40. The molecule has 1 rings (SSSR count). The van der Waals surface area contributed by atoms with Crippen molar-refractivity contribution >= 4 is 0 Å². The zero-order chi connectivity index (χ0) is 12.0. The summed E-state index contributed by atoms with van der Waals surface area (Å²) >= 11 is 0. The number of hydrogen-bond acceptors (Lipinski definition) is 3. The van der Waals surface area contributed by atoms with Crippen LogP contribution in [0.3, 0.4) is 0 Å². The normalized spacial score (nSPS) is 11.1. The van der Waals surface area contributed by atoms with Gasteiger partial charge in [0.2, 0.25) is 0 Å². The highest BCUT2D eigenvalue weighted by Crippen LogP contribution is 2.18. The first-order chi connectivity index (χ1) is 7.53. The smallest absolute Gasteiger partial charge is 0.145 e. The van der Waals surface area contributed by atoms with E-state index in [0.29, 0.717) is 18.9 Å². The molecule has 1 aromatic heterocycles. The van der Waals surface area contributed by atoms with E-state index in [0.717, 1.165) is 12.0 Å². The van der Waals surface area contributed by atoms with E-state index in [9.17, 15) is 0 Å². The zero-order valence-corrected chi connectivity index (χ0v) is 10.2. The number of ether oxygens (including phenoxy) is 1. The largest absolute Gasteiger partial charge is 0.377 e. The highest BCUT2D eigenvalue weighted by atomic mass is 16.5. The van der Waals surface area contributed by atoms with Crippen molar-refractivity contribution in [2.24, 2.45) is 5.41 Å². The molecule has 16 heavy (non-hydrogen) atoms. The fourth-order valence-corrected chi connectivity index (χ4v) is 1.22. The van der Waals surface area contributed by atoms with Crippen LogP contribution < -0.4 is 0 Å². The minimum atomic E-state index is 0.285. The van der Waals surface area contributed by atoms with Crippen LogP contribution in [0.1, 0.15) is 38.4 Å². The number of nitriles is 1. The zero-order valence-electron chi connectivity index (χ0n) is 10.2. The van der Waals surface area contributed by atoms with Gasteiger partial charge in [-0.3, -0.25) is 0 Å². The van der Waals surface area contributed by atoms with Crippen LogP contribution in [0.2, 0.25) is 0 Å². The minimum Gasteiger partial charge on any atom is -0.377 e. The third-order valence-electron chi connectivity index (χ3n) is 2.25. The van der Waals surface area contributed by atoms with Gasteiger partial charge >= 0.3 is 0 Å². The summed E-state index contributed by atoms with van der Waals surface area (Å²) in [5.74, 6) is 0. The number of hydrogen-bond donors (Lipinski definition) is 0. The molecular weight excluding hydrogens is 200 g/mol. The molecule has 0 fully saturated rings. The van der Waals surface area contributed by atoms with Crippen molar-refractivity contribution in [3.8, 4) is 6.07 Å². The van der Waals surface area contributed by atoms with Crippen molar-refractivity contribution in [3.63, 3.8) is 0 Å². The van der Waals surface area contributed by atoms with E-state index in [-0.39, 0.29) is 5.41 Å². The van der Waals surface area contributed by atoms with Crippen molar-refractivity contribution in [2.75, 3.05) is 6.61 Å². The lowest BCUT2D eigenvalue weighted by Gasteiger charge is -2.17. The fraction of sp³-hybridized carbons (Fsp3) is 0.538. The van der Waals surface area contributed by atoms with Crippen LogP contribution in [0.25, 0.3) is 0 Å². The van der Waals surface area contributed by atoms with Gasteiger partial charge in [-0.25, -0.2) is 4.98 Å². The molecule has 0 radical (unpaired) electrons. The highest BCUT2D eigenvalue weighted by molar-refractivity contribution is 5.29. The lowest BCUT2D eigenvalue weighted by atomic mass is 9.93. The second kappa shape index (κ2) is 5.62. The average Bonchev–Trinajstić information content (AvgIpc) is 2.23. The molecule has 0 N–H and O–H groups in total. The first-order valence-electron chi connectivity index (χ1n) is 5.45. The van der Waals surface area contributed by atoms with E-state index in [1.54, 1.807) is 6.20 Å². The van der Waals surface area contributed by atoms with Gasteiger partial charge in [-0.15, -0.1) is 0 Å². The Bertz CT molecular complexity index is 374. The number of aromatic nitrogens is 1. The summed E-state index contributed by atoms with van der Waals surface area (Å²) in [6, 6.07) is 5.76. The molecule has 0 amide bonds. The SMILES string of the molecule is CC(C)(C)CCOCc1cccnc1C#N. The molecule has 0 aromatic carbocycles. The average molecular weight is 218 g/mol. The van der Waals surface area contributed by atoms with Gasteiger partial charge in [0.25, 0.3) is 0 Å². The molecule has 0 saturated carbocycles. The van der Waals surface area contributed by atoms with Gasteiger partial charge in [-0.1, -0.05) is 26.8 Å². The molecule has 0 bridgehead atoms. The molecule has 0 unspecified atom stereocenters. The van der Waals surface area contributed by atoms with Crippen molar-refractivity contribution in [1.82, 2.24) is 4.98 Å². The maximum atomic E-state index is 8.84. The van der Waals surface area contributed by atoms with Crippen LogP contribution in [0.15, 0.2) is 18.3 Å². The van der Waals surface area contributed by atoms with Gasteiger partial charge in [-0.2, -0.15) is 5.26 Å². The maximum Gasteiger partial charge on any atom is 0.145 e. The third-order valence-corrected chi connectivity index (χ3v) is 2.25. The van der Waals surface area contributed by atoms with Crippen LogP contribution in [0.5, 0.6) is 0 Å². The molecule has 86 valence electrons. The maximum absolute atomic E-state index is 8.84. The lowest BCUT2D eigenvalue weighted by molar-refractivity contribution is 0.0959. The first-order valence-corrected chi connectivity index (χ1v) is 5.45. The quantitative estimate of drug-likeness (QED) is 0.730. The number of nitrogens with zero attached hydrogens (tertiary/aromatic N) is 2. The molecule has 3 heteroatoms. The van der Waals surface area contributed by atoms with Gasteiger partial charge < -0.3 is 4.74 Å². The Morgan fingerprint density at radius 2 is 2.19 bits per heavy atom. The Morgan fingerprint density at radius 3 is 2.81 bits per heavy atom. The molecule has 1 heterocycles. The highest BCUT2D eigenvalue weighted by Gasteiger charge is 2.09. The van der Waals surface area contributed by atoms with Gasteiger partial charge in [0.15, 0.2) is 0 Å². The van der Waals surface area contributed by atoms with Crippen LogP contribution in [-0.4, -0.2) is 11.6 Å². The third kappa shape index (κ3) is 4.41. The predicted octanol–water partition coefficient (Wildman–Crippen LogP) is 2.91. The molecular formula is C13H18N2O. The fourth-order valence-electron chi connectivity index (χ4n) is 1.22. The van der Waals surface area contributed by atoms with E-state index < -0.39 is 0 Å². The number of pyridine rings is 1. The molecule has 1 aromatic rings. The summed E-state index contributed by atoms with van der Waals surface area (Å²) in [6.07, 6.45) is 2.63. The summed E-state index contributed by atoms with van der Waals surface area (Å²) in [5, 5.41) is 8.84. The molecule has 0 aliphatic heterocycles. The van der Waals surface area contributed by atoms with Crippen molar-refractivity contribution in [2.45, 2.75) is 33.8 Å². The monoisotopic (exact) mass is 218 g/mol. The summed E-state index contributed by atoms with van der Waals surface area (Å²) in [5.41, 5.74) is 1.60. The summed E-state index contributed by atoms with van der Waals surface area (Å²) in [6.45, 7) is 7.72. The van der Waals surface area contributed by atoms with E-state index >= 15 is 0 Å². The minimum absolute atomic E-state index is 0.285. The van der Waals surface area contributed by atoms with Crippen molar-refractivity contribution in [3.05, 3.63) is 29.6 Å². The van der Waals surface area contributed by atoms with E-state index in [2.05, 4.69) is 31.8 Å². The van der Waals surface area contributed by atoms with Gasteiger partial charge in [0.05, 0.1) is 6.61 Å². The van der Waals surface area contributed by atoms with E-state index in [4.69, 9.17) is 10.00 Å². The summed E-state index contributed by atoms with van der Waals surface area (Å²) < 4.78 is 5.55. The molecule has 0 aliphatic carbocycles. The Morgan fingerprint density at radius 1 is 1.44 bits per heavy atom. The van der Waals surface area contributed by atoms with E-state index in [1.165, 1.54) is 0 Å². The summed E-state index contributed by atoms with van der Waals surface area (Å²) in [4.78, 5) is 3.98. The molecule has 0 saturated heterocycles. The van der Waals surface area contributed by atoms with Crippen LogP contribution in [0.4, 0.5) is 0 Å². The summed E-state index contributed by atoms with van der Waals surface area (Å²) in [7, 11) is 0. The predicted molar refractivity (Wildman–Crippen MR) is 62.7 cm³/mol. The second-order valence-corrected chi connectivity index (χ2v) is 4.99.